The second-order valence-corrected chi connectivity index (χ2v) is 8.10. The Bertz CT molecular complexity index is 1120. The summed E-state index contributed by atoms with van der Waals surface area (Å²) in [6.07, 6.45) is 3.42. The van der Waals surface area contributed by atoms with Crippen LogP contribution in [0.3, 0.4) is 0 Å². The summed E-state index contributed by atoms with van der Waals surface area (Å²) in [6, 6.07) is 3.09. The number of aromatic amines is 1. The van der Waals surface area contributed by atoms with Crippen molar-refractivity contribution < 1.29 is 13.6 Å². The number of nitrogens with one attached hydrogen (secondary N) is 2. The topological polar surface area (TPSA) is 74.8 Å². The van der Waals surface area contributed by atoms with E-state index in [0.717, 1.165) is 41.8 Å². The highest BCUT2D eigenvalue weighted by molar-refractivity contribution is 7.18. The average Bonchev–Trinajstić information content (AvgIpc) is 3.22. The van der Waals surface area contributed by atoms with E-state index in [1.165, 1.54) is 10.9 Å². The number of aromatic nitrogens is 2. The molecule has 1 amide bonds. The number of H-pyrrole nitrogens is 1. The van der Waals surface area contributed by atoms with Gasteiger partial charge in [0.15, 0.2) is 11.6 Å². The van der Waals surface area contributed by atoms with Gasteiger partial charge in [-0.05, 0) is 49.4 Å². The molecule has 2 heterocycles. The van der Waals surface area contributed by atoms with E-state index in [4.69, 9.17) is 0 Å². The fraction of sp³-hybridized carbons (Fsp3) is 0.350. The van der Waals surface area contributed by atoms with E-state index in [1.54, 1.807) is 18.3 Å². The van der Waals surface area contributed by atoms with E-state index >= 15 is 0 Å². The number of fused-ring (bicyclic) bond motifs is 3. The van der Waals surface area contributed by atoms with Gasteiger partial charge in [0.05, 0.1) is 11.4 Å². The van der Waals surface area contributed by atoms with E-state index in [-0.39, 0.29) is 17.9 Å². The summed E-state index contributed by atoms with van der Waals surface area (Å²) < 4.78 is 26.4. The lowest BCUT2D eigenvalue weighted by molar-refractivity contribution is -0.121. The Hall–Kier alpha value is -2.61. The van der Waals surface area contributed by atoms with Crippen LogP contribution in [-0.2, 0) is 24.1 Å². The third-order valence-electron chi connectivity index (χ3n) is 5.03. The van der Waals surface area contributed by atoms with Gasteiger partial charge in [-0.2, -0.15) is 0 Å². The number of thiophene rings is 1. The van der Waals surface area contributed by atoms with E-state index in [1.807, 2.05) is 0 Å². The predicted molar refractivity (Wildman–Crippen MR) is 104 cm³/mol. The number of aryl methyl sites for hydroxylation is 3. The van der Waals surface area contributed by atoms with Crippen LogP contribution in [0.25, 0.3) is 10.2 Å². The SMILES string of the molecule is C[C@H](NC(=O)CCc1nc2sc3c(c2c(=O)[nH]1)CCC3)c1ccc(F)c(F)c1. The summed E-state index contributed by atoms with van der Waals surface area (Å²) in [7, 11) is 0. The molecule has 1 aliphatic rings. The first-order chi connectivity index (χ1) is 13.4. The number of carbonyl (C=O) groups excluding carboxylic acids is 1. The van der Waals surface area contributed by atoms with Crippen LogP contribution < -0.4 is 10.9 Å². The standard InChI is InChI=1S/C20H19F2N3O2S/c1-10(11-5-6-13(21)14(22)9-11)23-17(26)8-7-16-24-19(27)18-12-3-2-4-15(12)28-20(18)25-16/h5-6,9-10H,2-4,7-8H2,1H3,(H,23,26)(H,24,25,27)/t10-/m0/s1. The fourth-order valence-electron chi connectivity index (χ4n) is 3.58. The summed E-state index contributed by atoms with van der Waals surface area (Å²) in [6.45, 7) is 1.70. The van der Waals surface area contributed by atoms with Gasteiger partial charge in [0, 0.05) is 17.7 Å². The van der Waals surface area contributed by atoms with Crippen molar-refractivity contribution in [2.24, 2.45) is 0 Å². The Labute approximate surface area is 163 Å². The minimum Gasteiger partial charge on any atom is -0.350 e. The maximum Gasteiger partial charge on any atom is 0.259 e. The Kier molecular flexibility index (Phi) is 4.97. The molecular weight excluding hydrogens is 384 g/mol. The average molecular weight is 403 g/mol. The molecule has 2 N–H and O–H groups in total. The number of carbonyl (C=O) groups is 1. The molecular formula is C20H19F2N3O2S. The van der Waals surface area contributed by atoms with Gasteiger partial charge in [-0.1, -0.05) is 6.07 Å². The van der Waals surface area contributed by atoms with Crippen molar-refractivity contribution in [2.75, 3.05) is 0 Å². The largest absolute Gasteiger partial charge is 0.350 e. The normalized spacial score (nSPS) is 14.2. The molecule has 1 aliphatic carbocycles. The fourth-order valence-corrected chi connectivity index (χ4v) is 4.86. The first-order valence-corrected chi connectivity index (χ1v) is 10.0. The van der Waals surface area contributed by atoms with Crippen LogP contribution in [0.5, 0.6) is 0 Å². The van der Waals surface area contributed by atoms with Crippen LogP contribution in [0.4, 0.5) is 8.78 Å². The lowest BCUT2D eigenvalue weighted by Crippen LogP contribution is -2.27. The molecule has 4 rings (SSSR count). The third kappa shape index (κ3) is 3.56. The smallest absolute Gasteiger partial charge is 0.259 e. The zero-order chi connectivity index (χ0) is 19.8. The molecule has 0 saturated heterocycles. The number of benzene rings is 1. The van der Waals surface area contributed by atoms with Crippen molar-refractivity contribution in [3.63, 3.8) is 0 Å². The highest BCUT2D eigenvalue weighted by Crippen LogP contribution is 2.34. The molecule has 2 aromatic heterocycles. The summed E-state index contributed by atoms with van der Waals surface area (Å²) in [5, 5.41) is 3.44. The van der Waals surface area contributed by atoms with Gasteiger partial charge in [-0.25, -0.2) is 13.8 Å². The molecule has 1 atom stereocenters. The maximum absolute atomic E-state index is 13.3. The Morgan fingerprint density at radius 3 is 2.93 bits per heavy atom. The molecule has 146 valence electrons. The zero-order valence-corrected chi connectivity index (χ0v) is 16.1. The van der Waals surface area contributed by atoms with Gasteiger partial charge in [0.2, 0.25) is 5.91 Å². The van der Waals surface area contributed by atoms with Crippen molar-refractivity contribution >= 4 is 27.5 Å². The molecule has 3 aromatic rings. The van der Waals surface area contributed by atoms with Crippen molar-refractivity contribution in [2.45, 2.75) is 45.1 Å². The van der Waals surface area contributed by atoms with Crippen LogP contribution in [0.1, 0.15) is 47.6 Å². The van der Waals surface area contributed by atoms with Gasteiger partial charge in [0.25, 0.3) is 5.56 Å². The van der Waals surface area contributed by atoms with E-state index in [0.29, 0.717) is 23.2 Å². The molecule has 28 heavy (non-hydrogen) atoms. The second kappa shape index (κ2) is 7.43. The number of nitrogens with zero attached hydrogens (tertiary/aromatic N) is 1. The number of hydrogen-bond acceptors (Lipinski definition) is 4. The lowest BCUT2D eigenvalue weighted by Gasteiger charge is -2.14. The van der Waals surface area contributed by atoms with Crippen LogP contribution in [0.2, 0.25) is 0 Å². The van der Waals surface area contributed by atoms with Crippen molar-refractivity contribution in [3.8, 4) is 0 Å². The van der Waals surface area contributed by atoms with Crippen molar-refractivity contribution in [3.05, 3.63) is 62.0 Å². The van der Waals surface area contributed by atoms with Gasteiger partial charge < -0.3 is 10.3 Å². The molecule has 0 bridgehead atoms. The first-order valence-electron chi connectivity index (χ1n) is 9.20. The second-order valence-electron chi connectivity index (χ2n) is 7.01. The van der Waals surface area contributed by atoms with E-state index < -0.39 is 17.7 Å². The van der Waals surface area contributed by atoms with Crippen LogP contribution >= 0.6 is 11.3 Å². The summed E-state index contributed by atoms with van der Waals surface area (Å²) in [4.78, 5) is 33.9. The quantitative estimate of drug-likeness (QED) is 0.684. The van der Waals surface area contributed by atoms with E-state index in [2.05, 4.69) is 15.3 Å². The number of halogens is 2. The van der Waals surface area contributed by atoms with Gasteiger partial charge in [-0.15, -0.1) is 11.3 Å². The Morgan fingerprint density at radius 2 is 2.14 bits per heavy atom. The molecule has 8 heteroatoms. The van der Waals surface area contributed by atoms with Crippen LogP contribution in [0, 0.1) is 11.6 Å². The van der Waals surface area contributed by atoms with Crippen molar-refractivity contribution in [1.29, 1.82) is 0 Å². The molecule has 0 spiro atoms. The van der Waals surface area contributed by atoms with Crippen LogP contribution in [-0.4, -0.2) is 15.9 Å². The van der Waals surface area contributed by atoms with Crippen LogP contribution in [0.15, 0.2) is 23.0 Å². The lowest BCUT2D eigenvalue weighted by atomic mass is 10.1. The molecule has 1 aromatic carbocycles. The summed E-state index contributed by atoms with van der Waals surface area (Å²) in [5.41, 5.74) is 1.46. The minimum atomic E-state index is -0.948. The molecule has 0 radical (unpaired) electrons. The molecule has 0 saturated carbocycles. The Balaban J connectivity index is 1.42. The molecule has 0 aliphatic heterocycles. The van der Waals surface area contributed by atoms with Gasteiger partial charge in [-0.3, -0.25) is 9.59 Å². The highest BCUT2D eigenvalue weighted by atomic mass is 32.1. The summed E-state index contributed by atoms with van der Waals surface area (Å²) in [5.74, 6) is -1.65. The van der Waals surface area contributed by atoms with E-state index in [9.17, 15) is 18.4 Å². The number of amides is 1. The first kappa shape index (κ1) is 18.7. The summed E-state index contributed by atoms with van der Waals surface area (Å²) >= 11 is 1.56. The third-order valence-corrected chi connectivity index (χ3v) is 6.22. The molecule has 0 unspecified atom stereocenters. The maximum atomic E-state index is 13.3. The molecule has 5 nitrogen and oxygen atoms in total. The zero-order valence-electron chi connectivity index (χ0n) is 15.3. The monoisotopic (exact) mass is 403 g/mol. The number of rotatable bonds is 5. The van der Waals surface area contributed by atoms with Gasteiger partial charge >= 0.3 is 0 Å². The van der Waals surface area contributed by atoms with Crippen molar-refractivity contribution in [1.82, 2.24) is 15.3 Å². The minimum absolute atomic E-state index is 0.132. The highest BCUT2D eigenvalue weighted by Gasteiger charge is 2.21. The number of hydrogen-bond donors (Lipinski definition) is 2. The Morgan fingerprint density at radius 1 is 1.32 bits per heavy atom. The molecule has 0 fully saturated rings. The predicted octanol–water partition coefficient (Wildman–Crippen LogP) is 3.56. The van der Waals surface area contributed by atoms with Gasteiger partial charge in [0.1, 0.15) is 10.7 Å².